The molecule has 0 aliphatic heterocycles. The summed E-state index contributed by atoms with van der Waals surface area (Å²) in [6.07, 6.45) is 2.25. The largest absolute Gasteiger partial charge is 0.385 e. The van der Waals surface area contributed by atoms with Gasteiger partial charge in [-0.3, -0.25) is 9.36 Å². The first-order valence-electron chi connectivity index (χ1n) is 8.36. The summed E-state index contributed by atoms with van der Waals surface area (Å²) in [5.41, 5.74) is 3.68. The third-order valence-corrected chi connectivity index (χ3v) is 4.29. The van der Waals surface area contributed by atoms with Gasteiger partial charge in [0.25, 0.3) is 5.56 Å². The number of ether oxygens (including phenoxy) is 1. The molecule has 0 unspecified atom stereocenters. The normalized spacial score (nSPS) is 11.5. The van der Waals surface area contributed by atoms with Crippen molar-refractivity contribution in [3.05, 3.63) is 52.7 Å². The van der Waals surface area contributed by atoms with E-state index in [0.29, 0.717) is 24.4 Å². The van der Waals surface area contributed by atoms with Gasteiger partial charge in [-0.05, 0) is 18.9 Å². The van der Waals surface area contributed by atoms with E-state index in [9.17, 15) is 4.79 Å². The van der Waals surface area contributed by atoms with E-state index in [2.05, 4.69) is 20.3 Å². The molecule has 0 radical (unpaired) electrons. The standard InChI is InChI=1S/C18H18N6O2/c1-12-14(13-7-4-3-5-8-13)16-21-20-15-17(24(16)22-12)19-11-23(18(15)25)9-6-10-26-2/h3-5,7-8,11H,6,9-10H2,1-2H3. The van der Waals surface area contributed by atoms with Gasteiger partial charge in [-0.1, -0.05) is 30.3 Å². The van der Waals surface area contributed by atoms with Crippen LogP contribution >= 0.6 is 0 Å². The highest BCUT2D eigenvalue weighted by Crippen LogP contribution is 2.27. The second-order valence-corrected chi connectivity index (χ2v) is 6.02. The Balaban J connectivity index is 1.89. The Hall–Kier alpha value is -3.13. The average Bonchev–Trinajstić information content (AvgIpc) is 3.00. The third kappa shape index (κ3) is 2.64. The summed E-state index contributed by atoms with van der Waals surface area (Å²) in [4.78, 5) is 17.1. The number of fused-ring (bicyclic) bond motifs is 3. The van der Waals surface area contributed by atoms with Gasteiger partial charge in [0, 0.05) is 20.3 Å². The van der Waals surface area contributed by atoms with Crippen molar-refractivity contribution in [1.82, 2.24) is 29.4 Å². The zero-order valence-electron chi connectivity index (χ0n) is 14.6. The molecule has 3 aromatic heterocycles. The van der Waals surface area contributed by atoms with E-state index in [1.54, 1.807) is 11.6 Å². The lowest BCUT2D eigenvalue weighted by Gasteiger charge is -2.06. The van der Waals surface area contributed by atoms with Crippen LogP contribution in [0.5, 0.6) is 0 Å². The van der Waals surface area contributed by atoms with E-state index in [1.165, 1.54) is 10.9 Å². The number of hydrogen-bond acceptors (Lipinski definition) is 6. The number of aryl methyl sites for hydroxylation is 2. The quantitative estimate of drug-likeness (QED) is 0.511. The number of methoxy groups -OCH3 is 1. The zero-order valence-corrected chi connectivity index (χ0v) is 14.6. The molecule has 0 saturated carbocycles. The van der Waals surface area contributed by atoms with E-state index < -0.39 is 0 Å². The van der Waals surface area contributed by atoms with Crippen molar-refractivity contribution in [2.75, 3.05) is 13.7 Å². The summed E-state index contributed by atoms with van der Waals surface area (Å²) in [5.74, 6) is 0. The van der Waals surface area contributed by atoms with Gasteiger partial charge in [0.2, 0.25) is 0 Å². The van der Waals surface area contributed by atoms with Crippen molar-refractivity contribution in [2.24, 2.45) is 0 Å². The Morgan fingerprint density at radius 2 is 1.92 bits per heavy atom. The van der Waals surface area contributed by atoms with Crippen molar-refractivity contribution in [2.45, 2.75) is 19.9 Å². The second-order valence-electron chi connectivity index (χ2n) is 6.02. The van der Waals surface area contributed by atoms with Crippen molar-refractivity contribution in [1.29, 1.82) is 0 Å². The summed E-state index contributed by atoms with van der Waals surface area (Å²) >= 11 is 0. The molecule has 0 spiro atoms. The Morgan fingerprint density at radius 1 is 1.12 bits per heavy atom. The van der Waals surface area contributed by atoms with E-state index >= 15 is 0 Å². The Bertz CT molecular complexity index is 1130. The second kappa shape index (κ2) is 6.64. The number of benzene rings is 1. The number of nitrogens with zero attached hydrogens (tertiary/aromatic N) is 6. The van der Waals surface area contributed by atoms with E-state index in [4.69, 9.17) is 4.74 Å². The molecule has 0 saturated heterocycles. The molecule has 4 aromatic rings. The lowest BCUT2D eigenvalue weighted by atomic mass is 10.1. The summed E-state index contributed by atoms with van der Waals surface area (Å²) < 4.78 is 8.15. The van der Waals surface area contributed by atoms with Crippen LogP contribution in [0.15, 0.2) is 41.5 Å². The van der Waals surface area contributed by atoms with Gasteiger partial charge in [0.15, 0.2) is 16.8 Å². The van der Waals surface area contributed by atoms with Crippen LogP contribution in [-0.2, 0) is 11.3 Å². The van der Waals surface area contributed by atoms with Crippen LogP contribution in [0.1, 0.15) is 12.1 Å². The summed E-state index contributed by atoms with van der Waals surface area (Å²) in [5, 5.41) is 13.0. The van der Waals surface area contributed by atoms with Crippen molar-refractivity contribution >= 4 is 16.8 Å². The minimum atomic E-state index is -0.227. The van der Waals surface area contributed by atoms with Crippen LogP contribution in [0.3, 0.4) is 0 Å². The summed E-state index contributed by atoms with van der Waals surface area (Å²) in [6.45, 7) is 3.01. The minimum absolute atomic E-state index is 0.208. The molecule has 0 bridgehead atoms. The maximum absolute atomic E-state index is 12.7. The highest BCUT2D eigenvalue weighted by Gasteiger charge is 2.17. The lowest BCUT2D eigenvalue weighted by Crippen LogP contribution is -2.23. The van der Waals surface area contributed by atoms with Gasteiger partial charge in [-0.25, -0.2) is 4.98 Å². The van der Waals surface area contributed by atoms with Gasteiger partial charge in [-0.2, -0.15) is 9.61 Å². The molecular weight excluding hydrogens is 332 g/mol. The average molecular weight is 350 g/mol. The molecule has 0 amide bonds. The van der Waals surface area contributed by atoms with E-state index in [1.807, 2.05) is 37.3 Å². The molecule has 1 aromatic carbocycles. The molecule has 3 heterocycles. The first-order valence-corrected chi connectivity index (χ1v) is 8.36. The lowest BCUT2D eigenvalue weighted by molar-refractivity contribution is 0.190. The van der Waals surface area contributed by atoms with Crippen LogP contribution in [0.2, 0.25) is 0 Å². The van der Waals surface area contributed by atoms with Gasteiger partial charge in [0.1, 0.15) is 6.33 Å². The molecule has 8 heteroatoms. The molecule has 0 atom stereocenters. The minimum Gasteiger partial charge on any atom is -0.385 e. The molecule has 4 rings (SSSR count). The fourth-order valence-electron chi connectivity index (χ4n) is 3.05. The van der Waals surface area contributed by atoms with Crippen molar-refractivity contribution < 1.29 is 4.74 Å². The number of hydrogen-bond donors (Lipinski definition) is 0. The fraction of sp³-hybridized carbons (Fsp3) is 0.278. The van der Waals surface area contributed by atoms with Gasteiger partial charge >= 0.3 is 0 Å². The molecular formula is C18H18N6O2. The Kier molecular flexibility index (Phi) is 4.18. The van der Waals surface area contributed by atoms with Crippen LogP contribution in [0.4, 0.5) is 0 Å². The molecule has 0 fully saturated rings. The first-order chi connectivity index (χ1) is 12.7. The molecule has 0 aliphatic rings. The topological polar surface area (TPSA) is 87.2 Å². The molecule has 26 heavy (non-hydrogen) atoms. The monoisotopic (exact) mass is 350 g/mol. The SMILES string of the molecule is COCCCn1cnc2c(nnc3c(-c4ccccc4)c(C)nn32)c1=O. The predicted molar refractivity (Wildman–Crippen MR) is 97.0 cm³/mol. The van der Waals surface area contributed by atoms with Crippen LogP contribution in [-0.4, -0.2) is 43.1 Å². The molecule has 132 valence electrons. The van der Waals surface area contributed by atoms with Gasteiger partial charge in [0.05, 0.1) is 11.3 Å². The maximum Gasteiger partial charge on any atom is 0.283 e. The smallest absolute Gasteiger partial charge is 0.283 e. The highest BCUT2D eigenvalue weighted by atomic mass is 16.5. The van der Waals surface area contributed by atoms with E-state index in [0.717, 1.165) is 23.2 Å². The summed E-state index contributed by atoms with van der Waals surface area (Å²) in [6, 6.07) is 9.88. The highest BCUT2D eigenvalue weighted by molar-refractivity contribution is 5.83. The molecule has 0 N–H and O–H groups in total. The van der Waals surface area contributed by atoms with Gasteiger partial charge in [-0.15, -0.1) is 10.2 Å². The van der Waals surface area contributed by atoms with Crippen LogP contribution in [0.25, 0.3) is 27.9 Å². The van der Waals surface area contributed by atoms with Gasteiger partial charge < -0.3 is 4.74 Å². The van der Waals surface area contributed by atoms with E-state index in [-0.39, 0.29) is 11.1 Å². The van der Waals surface area contributed by atoms with Crippen molar-refractivity contribution in [3.63, 3.8) is 0 Å². The maximum atomic E-state index is 12.7. The zero-order chi connectivity index (χ0) is 18.1. The first kappa shape index (κ1) is 16.3. The molecule has 0 aliphatic carbocycles. The number of rotatable bonds is 5. The molecule has 8 nitrogen and oxygen atoms in total. The third-order valence-electron chi connectivity index (χ3n) is 4.29. The van der Waals surface area contributed by atoms with Crippen LogP contribution in [0, 0.1) is 6.92 Å². The fourth-order valence-corrected chi connectivity index (χ4v) is 3.05. The van der Waals surface area contributed by atoms with Crippen LogP contribution < -0.4 is 5.56 Å². The Morgan fingerprint density at radius 3 is 2.69 bits per heavy atom. The van der Waals surface area contributed by atoms with Crippen molar-refractivity contribution in [3.8, 4) is 11.1 Å². The predicted octanol–water partition coefficient (Wildman–Crippen LogP) is 1.85. The Labute approximate surface area is 149 Å². The number of aromatic nitrogens is 6. The summed E-state index contributed by atoms with van der Waals surface area (Å²) in [7, 11) is 1.63.